The van der Waals surface area contributed by atoms with E-state index >= 15 is 0 Å². The van der Waals surface area contributed by atoms with Crippen molar-refractivity contribution in [1.29, 1.82) is 0 Å². The number of ether oxygens (including phenoxy) is 3. The zero-order valence-electron chi connectivity index (χ0n) is 17.8. The Labute approximate surface area is 177 Å². The summed E-state index contributed by atoms with van der Waals surface area (Å²) >= 11 is 0. The molecular weight excluding hydrogens is 382 g/mol. The van der Waals surface area contributed by atoms with Crippen LogP contribution in [0.4, 0.5) is 4.79 Å². The molecule has 0 aliphatic carbocycles. The van der Waals surface area contributed by atoms with E-state index in [1.807, 2.05) is 54.6 Å². The summed E-state index contributed by atoms with van der Waals surface area (Å²) in [5.41, 5.74) is 0.878. The molecule has 30 heavy (non-hydrogen) atoms. The Morgan fingerprint density at radius 1 is 1.10 bits per heavy atom. The Morgan fingerprint density at radius 3 is 2.60 bits per heavy atom. The van der Waals surface area contributed by atoms with Crippen LogP contribution in [0.3, 0.4) is 0 Å². The first-order valence-electron chi connectivity index (χ1n) is 10.2. The van der Waals surface area contributed by atoms with Crippen LogP contribution in [-0.4, -0.2) is 42.8 Å². The highest BCUT2D eigenvalue weighted by Crippen LogP contribution is 2.30. The first-order valence-corrected chi connectivity index (χ1v) is 10.2. The van der Waals surface area contributed by atoms with Gasteiger partial charge >= 0.3 is 12.1 Å². The average Bonchev–Trinajstić information content (AvgIpc) is 2.77. The van der Waals surface area contributed by atoms with Crippen molar-refractivity contribution in [2.45, 2.75) is 44.8 Å². The Kier molecular flexibility index (Phi) is 6.98. The third kappa shape index (κ3) is 5.53. The average molecular weight is 411 g/mol. The van der Waals surface area contributed by atoms with Gasteiger partial charge in [0.05, 0.1) is 7.11 Å². The summed E-state index contributed by atoms with van der Waals surface area (Å²) in [6.07, 6.45) is 1.61. The number of benzene rings is 2. The van der Waals surface area contributed by atoms with Crippen molar-refractivity contribution in [3.63, 3.8) is 0 Å². The predicted octanol–water partition coefficient (Wildman–Crippen LogP) is 4.53. The molecule has 1 atom stereocenters. The zero-order valence-corrected chi connectivity index (χ0v) is 17.8. The summed E-state index contributed by atoms with van der Waals surface area (Å²) in [7, 11) is 1.40. The number of hydrogen-bond donors (Lipinski definition) is 0. The van der Waals surface area contributed by atoms with Crippen LogP contribution in [0.25, 0.3) is 0 Å². The highest BCUT2D eigenvalue weighted by atomic mass is 16.6. The minimum absolute atomic E-state index is 0.203. The second kappa shape index (κ2) is 9.65. The van der Waals surface area contributed by atoms with Crippen LogP contribution in [0.15, 0.2) is 54.6 Å². The minimum Gasteiger partial charge on any atom is -0.476 e. The predicted molar refractivity (Wildman–Crippen MR) is 113 cm³/mol. The molecule has 3 rings (SSSR count). The quantitative estimate of drug-likeness (QED) is 0.653. The molecule has 6 nitrogen and oxygen atoms in total. The number of amides is 1. The van der Waals surface area contributed by atoms with Gasteiger partial charge in [0.15, 0.2) is 5.60 Å². The summed E-state index contributed by atoms with van der Waals surface area (Å²) in [5.74, 6) is 0.380. The number of piperidine rings is 1. The van der Waals surface area contributed by atoms with Crippen LogP contribution in [0, 0.1) is 0 Å². The van der Waals surface area contributed by atoms with Gasteiger partial charge in [-0.3, -0.25) is 0 Å². The lowest BCUT2D eigenvalue weighted by atomic mass is 9.90. The van der Waals surface area contributed by atoms with Gasteiger partial charge in [0.1, 0.15) is 12.4 Å². The van der Waals surface area contributed by atoms with Gasteiger partial charge in [-0.25, -0.2) is 9.59 Å². The first kappa shape index (κ1) is 21.7. The molecule has 1 fully saturated rings. The van der Waals surface area contributed by atoms with Gasteiger partial charge in [0.2, 0.25) is 0 Å². The normalized spacial score (nSPS) is 16.6. The van der Waals surface area contributed by atoms with Gasteiger partial charge in [-0.05, 0) is 49.9 Å². The number of rotatable bonds is 6. The Bertz CT molecular complexity index is 865. The van der Waals surface area contributed by atoms with Crippen LogP contribution in [0.2, 0.25) is 0 Å². The zero-order chi connectivity index (χ0) is 21.6. The molecule has 1 aliphatic heterocycles. The summed E-state index contributed by atoms with van der Waals surface area (Å²) in [6, 6.07) is 17.3. The largest absolute Gasteiger partial charge is 0.476 e. The van der Waals surface area contributed by atoms with E-state index in [-0.39, 0.29) is 18.6 Å². The Morgan fingerprint density at radius 2 is 1.87 bits per heavy atom. The molecule has 160 valence electrons. The van der Waals surface area contributed by atoms with Crippen LogP contribution >= 0.6 is 0 Å². The standard InChI is InChI=1S/C24H29NO5/c1-24(2,22(26)29-17-18-9-5-4-6-10-18)30-21-13-7-11-19(15-21)20-12-8-14-25(16-20)23(27)28-3/h4-7,9-11,13,15,20H,8,12,14,16-17H2,1-3H3. The molecule has 1 aliphatic rings. The van der Waals surface area contributed by atoms with Gasteiger partial charge in [-0.2, -0.15) is 0 Å². The number of carbonyl (C=O) groups excluding carboxylic acids is 2. The van der Waals surface area contributed by atoms with E-state index in [0.717, 1.165) is 24.0 Å². The molecule has 1 unspecified atom stereocenters. The molecule has 2 aromatic rings. The second-order valence-electron chi connectivity index (χ2n) is 8.00. The lowest BCUT2D eigenvalue weighted by molar-refractivity contribution is -0.160. The van der Waals surface area contributed by atoms with Gasteiger partial charge in [-0.1, -0.05) is 42.5 Å². The van der Waals surface area contributed by atoms with Crippen molar-refractivity contribution in [3.05, 3.63) is 65.7 Å². The molecule has 2 aromatic carbocycles. The molecule has 0 radical (unpaired) electrons. The van der Waals surface area contributed by atoms with Crippen molar-refractivity contribution in [1.82, 2.24) is 4.90 Å². The molecule has 1 saturated heterocycles. The van der Waals surface area contributed by atoms with Crippen LogP contribution in [0.1, 0.15) is 43.7 Å². The highest BCUT2D eigenvalue weighted by Gasteiger charge is 2.32. The van der Waals surface area contributed by atoms with Crippen molar-refractivity contribution in [2.75, 3.05) is 20.2 Å². The van der Waals surface area contributed by atoms with E-state index in [0.29, 0.717) is 18.8 Å². The van der Waals surface area contributed by atoms with E-state index < -0.39 is 11.6 Å². The maximum atomic E-state index is 12.6. The van der Waals surface area contributed by atoms with E-state index in [9.17, 15) is 9.59 Å². The van der Waals surface area contributed by atoms with Gasteiger partial charge in [0.25, 0.3) is 0 Å². The van der Waals surface area contributed by atoms with E-state index in [1.54, 1.807) is 18.7 Å². The monoisotopic (exact) mass is 411 g/mol. The van der Waals surface area contributed by atoms with Crippen LogP contribution in [-0.2, 0) is 20.9 Å². The molecule has 0 aromatic heterocycles. The maximum absolute atomic E-state index is 12.6. The highest BCUT2D eigenvalue weighted by molar-refractivity contribution is 5.79. The lowest BCUT2D eigenvalue weighted by Crippen LogP contribution is -2.40. The fourth-order valence-corrected chi connectivity index (χ4v) is 3.61. The van der Waals surface area contributed by atoms with Crippen molar-refractivity contribution >= 4 is 12.1 Å². The SMILES string of the molecule is COC(=O)N1CCCC(c2cccc(OC(C)(C)C(=O)OCc3ccccc3)c2)C1. The minimum atomic E-state index is -1.13. The third-order valence-electron chi connectivity index (χ3n) is 5.26. The topological polar surface area (TPSA) is 65.1 Å². The molecular formula is C24H29NO5. The fraction of sp³-hybridized carbons (Fsp3) is 0.417. The number of hydrogen-bond acceptors (Lipinski definition) is 5. The lowest BCUT2D eigenvalue weighted by Gasteiger charge is -2.32. The Balaban J connectivity index is 1.63. The molecule has 0 spiro atoms. The van der Waals surface area contributed by atoms with E-state index in [4.69, 9.17) is 14.2 Å². The molecule has 6 heteroatoms. The molecule has 0 saturated carbocycles. The number of methoxy groups -OCH3 is 1. The number of likely N-dealkylation sites (tertiary alicyclic amines) is 1. The van der Waals surface area contributed by atoms with Gasteiger partial charge < -0.3 is 19.1 Å². The van der Waals surface area contributed by atoms with Gasteiger partial charge in [0, 0.05) is 19.0 Å². The Hall–Kier alpha value is -3.02. The summed E-state index contributed by atoms with van der Waals surface area (Å²) in [6.45, 7) is 4.93. The number of nitrogens with zero attached hydrogens (tertiary/aromatic N) is 1. The van der Waals surface area contributed by atoms with Crippen molar-refractivity contribution in [3.8, 4) is 5.75 Å². The summed E-state index contributed by atoms with van der Waals surface area (Å²) in [4.78, 5) is 26.2. The smallest absolute Gasteiger partial charge is 0.409 e. The van der Waals surface area contributed by atoms with Crippen molar-refractivity contribution in [2.24, 2.45) is 0 Å². The number of esters is 1. The van der Waals surface area contributed by atoms with Crippen LogP contribution < -0.4 is 4.74 Å². The third-order valence-corrected chi connectivity index (χ3v) is 5.26. The van der Waals surface area contributed by atoms with Crippen LogP contribution in [0.5, 0.6) is 5.75 Å². The second-order valence-corrected chi connectivity index (χ2v) is 8.00. The number of carbonyl (C=O) groups is 2. The van der Waals surface area contributed by atoms with E-state index in [1.165, 1.54) is 7.11 Å². The maximum Gasteiger partial charge on any atom is 0.409 e. The molecule has 1 heterocycles. The summed E-state index contributed by atoms with van der Waals surface area (Å²) in [5, 5.41) is 0. The summed E-state index contributed by atoms with van der Waals surface area (Å²) < 4.78 is 16.3. The molecule has 0 bridgehead atoms. The fourth-order valence-electron chi connectivity index (χ4n) is 3.61. The molecule has 0 N–H and O–H groups in total. The van der Waals surface area contributed by atoms with E-state index in [2.05, 4.69) is 0 Å². The molecule has 1 amide bonds. The van der Waals surface area contributed by atoms with Gasteiger partial charge in [-0.15, -0.1) is 0 Å². The van der Waals surface area contributed by atoms with Crippen molar-refractivity contribution < 1.29 is 23.8 Å². The first-order chi connectivity index (χ1) is 14.4.